The second-order valence-electron chi connectivity index (χ2n) is 4.36. The maximum absolute atomic E-state index is 5.54. The highest BCUT2D eigenvalue weighted by Crippen LogP contribution is 2.26. The highest BCUT2D eigenvalue weighted by Gasteiger charge is 2.13. The Morgan fingerprint density at radius 1 is 1.18 bits per heavy atom. The highest BCUT2D eigenvalue weighted by molar-refractivity contribution is 5.67. The molecular weight excluding hydrogens is 214 g/mol. The first kappa shape index (κ1) is 10.2. The minimum Gasteiger partial charge on any atom is -0.372 e. The molecular formula is C13H15N3O. The molecule has 1 saturated heterocycles. The summed E-state index contributed by atoms with van der Waals surface area (Å²) in [6.45, 7) is 2.29. The summed E-state index contributed by atoms with van der Waals surface area (Å²) in [5.74, 6) is 0.353. The SMILES string of the molecule is Nc1cc(-c2cccc(N3CCCC3)c2)no1. The highest BCUT2D eigenvalue weighted by atomic mass is 16.5. The van der Waals surface area contributed by atoms with Crippen LogP contribution in [0.25, 0.3) is 11.3 Å². The fourth-order valence-electron chi connectivity index (χ4n) is 2.26. The van der Waals surface area contributed by atoms with E-state index in [1.807, 2.05) is 12.1 Å². The molecule has 0 amide bonds. The smallest absolute Gasteiger partial charge is 0.222 e. The molecule has 0 radical (unpaired) electrons. The Hall–Kier alpha value is -1.97. The number of hydrogen-bond donors (Lipinski definition) is 1. The predicted octanol–water partition coefficient (Wildman–Crippen LogP) is 2.52. The monoisotopic (exact) mass is 229 g/mol. The van der Waals surface area contributed by atoms with Crippen LogP contribution in [0.2, 0.25) is 0 Å². The number of benzene rings is 1. The Morgan fingerprint density at radius 2 is 2.00 bits per heavy atom. The topological polar surface area (TPSA) is 55.3 Å². The largest absolute Gasteiger partial charge is 0.372 e. The van der Waals surface area contributed by atoms with E-state index in [4.69, 9.17) is 10.3 Å². The van der Waals surface area contributed by atoms with Gasteiger partial charge in [-0.15, -0.1) is 0 Å². The first-order valence-corrected chi connectivity index (χ1v) is 5.90. The van der Waals surface area contributed by atoms with Gasteiger partial charge in [0.1, 0.15) is 5.69 Å². The molecule has 2 aromatic rings. The number of nitrogens with two attached hydrogens (primary N) is 1. The molecule has 0 saturated carbocycles. The summed E-state index contributed by atoms with van der Waals surface area (Å²) in [7, 11) is 0. The third-order valence-corrected chi connectivity index (χ3v) is 3.14. The molecule has 2 N–H and O–H groups in total. The van der Waals surface area contributed by atoms with Crippen LogP contribution in [0.5, 0.6) is 0 Å². The molecule has 88 valence electrons. The summed E-state index contributed by atoms with van der Waals surface area (Å²) >= 11 is 0. The van der Waals surface area contributed by atoms with Crippen molar-refractivity contribution in [1.29, 1.82) is 0 Å². The lowest BCUT2D eigenvalue weighted by atomic mass is 10.1. The lowest BCUT2D eigenvalue weighted by molar-refractivity contribution is 0.439. The molecule has 4 heteroatoms. The summed E-state index contributed by atoms with van der Waals surface area (Å²) in [5.41, 5.74) is 8.63. The summed E-state index contributed by atoms with van der Waals surface area (Å²) < 4.78 is 4.90. The van der Waals surface area contributed by atoms with E-state index in [0.717, 1.165) is 24.3 Å². The van der Waals surface area contributed by atoms with Crippen LogP contribution in [0, 0.1) is 0 Å². The Kier molecular flexibility index (Phi) is 2.48. The van der Waals surface area contributed by atoms with E-state index < -0.39 is 0 Å². The van der Waals surface area contributed by atoms with Crippen LogP contribution in [-0.2, 0) is 0 Å². The summed E-state index contributed by atoms with van der Waals surface area (Å²) in [5, 5.41) is 3.94. The molecule has 1 aromatic heterocycles. The molecule has 4 nitrogen and oxygen atoms in total. The molecule has 0 atom stereocenters. The third-order valence-electron chi connectivity index (χ3n) is 3.14. The second-order valence-corrected chi connectivity index (χ2v) is 4.36. The Labute approximate surface area is 100 Å². The average Bonchev–Trinajstić information content (AvgIpc) is 3.00. The normalized spacial score (nSPS) is 15.4. The van der Waals surface area contributed by atoms with Crippen LogP contribution in [0.3, 0.4) is 0 Å². The first-order chi connectivity index (χ1) is 8.33. The second kappa shape index (κ2) is 4.13. The van der Waals surface area contributed by atoms with Crippen molar-refractivity contribution >= 4 is 11.6 Å². The lowest BCUT2D eigenvalue weighted by Gasteiger charge is -2.17. The summed E-state index contributed by atoms with van der Waals surface area (Å²) in [6, 6.07) is 10.1. The molecule has 1 aliphatic heterocycles. The lowest BCUT2D eigenvalue weighted by Crippen LogP contribution is -2.17. The molecule has 0 bridgehead atoms. The number of nitrogens with zero attached hydrogens (tertiary/aromatic N) is 2. The van der Waals surface area contributed by atoms with E-state index in [1.54, 1.807) is 6.07 Å². The van der Waals surface area contributed by atoms with Crippen molar-refractivity contribution in [3.63, 3.8) is 0 Å². The van der Waals surface area contributed by atoms with E-state index in [1.165, 1.54) is 18.5 Å². The third kappa shape index (κ3) is 1.98. The van der Waals surface area contributed by atoms with E-state index in [9.17, 15) is 0 Å². The van der Waals surface area contributed by atoms with Crippen molar-refractivity contribution < 1.29 is 4.52 Å². The molecule has 0 spiro atoms. The molecule has 0 aliphatic carbocycles. The van der Waals surface area contributed by atoms with Gasteiger partial charge in [-0.25, -0.2) is 0 Å². The summed E-state index contributed by atoms with van der Waals surface area (Å²) in [6.07, 6.45) is 2.56. The first-order valence-electron chi connectivity index (χ1n) is 5.90. The van der Waals surface area contributed by atoms with Crippen LogP contribution >= 0.6 is 0 Å². The number of hydrogen-bond acceptors (Lipinski definition) is 4. The number of nitrogen functional groups attached to an aromatic ring is 1. The Morgan fingerprint density at radius 3 is 2.71 bits per heavy atom. The minimum atomic E-state index is 0.353. The van der Waals surface area contributed by atoms with Crippen molar-refractivity contribution in [2.45, 2.75) is 12.8 Å². The Bertz CT molecular complexity index is 515. The Balaban J connectivity index is 1.93. The zero-order valence-corrected chi connectivity index (χ0v) is 9.60. The van der Waals surface area contributed by atoms with Gasteiger partial charge in [0.25, 0.3) is 0 Å². The van der Waals surface area contributed by atoms with Gasteiger partial charge in [-0.3, -0.25) is 0 Å². The van der Waals surface area contributed by atoms with Gasteiger partial charge in [0.15, 0.2) is 0 Å². The van der Waals surface area contributed by atoms with Crippen molar-refractivity contribution in [3.8, 4) is 11.3 Å². The molecule has 1 aromatic carbocycles. The van der Waals surface area contributed by atoms with Crippen molar-refractivity contribution in [2.24, 2.45) is 0 Å². The zero-order valence-electron chi connectivity index (χ0n) is 9.60. The standard InChI is InChI=1S/C13H15N3O/c14-13-9-12(15-17-13)10-4-3-5-11(8-10)16-6-1-2-7-16/h3-5,8-9H,1-2,6-7,14H2. The maximum Gasteiger partial charge on any atom is 0.222 e. The predicted molar refractivity (Wildman–Crippen MR) is 67.8 cm³/mol. The minimum absolute atomic E-state index is 0.353. The number of aromatic nitrogens is 1. The number of anilines is 2. The van der Waals surface area contributed by atoms with E-state index in [-0.39, 0.29) is 0 Å². The fraction of sp³-hybridized carbons (Fsp3) is 0.308. The molecule has 1 aliphatic rings. The van der Waals surface area contributed by atoms with Gasteiger partial charge in [0.05, 0.1) is 0 Å². The van der Waals surface area contributed by atoms with Crippen molar-refractivity contribution in [3.05, 3.63) is 30.3 Å². The van der Waals surface area contributed by atoms with Crippen molar-refractivity contribution in [2.75, 3.05) is 23.7 Å². The van der Waals surface area contributed by atoms with Crippen LogP contribution in [0.4, 0.5) is 11.6 Å². The van der Waals surface area contributed by atoms with Gasteiger partial charge in [-0.2, -0.15) is 0 Å². The maximum atomic E-state index is 5.54. The molecule has 2 heterocycles. The fourth-order valence-corrected chi connectivity index (χ4v) is 2.26. The van der Waals surface area contributed by atoms with Crippen LogP contribution < -0.4 is 10.6 Å². The quantitative estimate of drug-likeness (QED) is 0.859. The van der Waals surface area contributed by atoms with Gasteiger partial charge in [-0.05, 0) is 25.0 Å². The average molecular weight is 229 g/mol. The molecule has 17 heavy (non-hydrogen) atoms. The summed E-state index contributed by atoms with van der Waals surface area (Å²) in [4.78, 5) is 2.40. The van der Waals surface area contributed by atoms with Gasteiger partial charge < -0.3 is 15.2 Å². The van der Waals surface area contributed by atoms with Crippen LogP contribution in [0.1, 0.15) is 12.8 Å². The van der Waals surface area contributed by atoms with Crippen LogP contribution in [0.15, 0.2) is 34.9 Å². The van der Waals surface area contributed by atoms with Crippen molar-refractivity contribution in [1.82, 2.24) is 5.16 Å². The van der Waals surface area contributed by atoms with Gasteiger partial charge >= 0.3 is 0 Å². The van der Waals surface area contributed by atoms with Gasteiger partial charge in [0, 0.05) is 30.4 Å². The van der Waals surface area contributed by atoms with E-state index in [0.29, 0.717) is 5.88 Å². The number of rotatable bonds is 2. The van der Waals surface area contributed by atoms with Gasteiger partial charge in [0.2, 0.25) is 5.88 Å². The molecule has 3 rings (SSSR count). The van der Waals surface area contributed by atoms with E-state index in [2.05, 4.69) is 22.2 Å². The van der Waals surface area contributed by atoms with E-state index >= 15 is 0 Å². The zero-order chi connectivity index (χ0) is 11.7. The molecule has 1 fully saturated rings. The van der Waals surface area contributed by atoms with Crippen LogP contribution in [-0.4, -0.2) is 18.2 Å². The molecule has 0 unspecified atom stereocenters. The van der Waals surface area contributed by atoms with Gasteiger partial charge in [-0.1, -0.05) is 17.3 Å².